The third-order valence-electron chi connectivity index (χ3n) is 4.55. The Morgan fingerprint density at radius 1 is 0.889 bits per heavy atom. The quantitative estimate of drug-likeness (QED) is 0.876. The van der Waals surface area contributed by atoms with Crippen LogP contribution in [0.4, 0.5) is 0 Å². The van der Waals surface area contributed by atoms with Gasteiger partial charge in [0.25, 0.3) is 5.91 Å². The highest BCUT2D eigenvalue weighted by atomic mass is 35.5. The van der Waals surface area contributed by atoms with Gasteiger partial charge in [-0.3, -0.25) is 9.59 Å². The highest BCUT2D eigenvalue weighted by Crippen LogP contribution is 2.15. The van der Waals surface area contributed by atoms with E-state index in [9.17, 15) is 14.4 Å². The number of carboxylic acids is 1. The largest absolute Gasteiger partial charge is 0.478 e. The van der Waals surface area contributed by atoms with Gasteiger partial charge in [0.15, 0.2) is 0 Å². The number of amides is 2. The average molecular weight is 387 g/mol. The standard InChI is InChI=1S/C20H19ClN2O4/c21-17-3-1-2-16(13-17)19(25)23-10-8-22(9-11-23)18(24)12-14-4-6-15(7-5-14)20(26)27/h1-7,13H,8-12H2,(H,26,27). The number of nitrogens with zero attached hydrogens (tertiary/aromatic N) is 2. The molecule has 6 nitrogen and oxygen atoms in total. The predicted octanol–water partition coefficient (Wildman–Crippen LogP) is 2.57. The van der Waals surface area contributed by atoms with Gasteiger partial charge in [0, 0.05) is 36.8 Å². The summed E-state index contributed by atoms with van der Waals surface area (Å²) in [7, 11) is 0. The second-order valence-corrected chi connectivity index (χ2v) is 6.80. The summed E-state index contributed by atoms with van der Waals surface area (Å²) >= 11 is 5.94. The van der Waals surface area contributed by atoms with Gasteiger partial charge >= 0.3 is 5.97 Å². The number of hydrogen-bond acceptors (Lipinski definition) is 3. The normalized spacial score (nSPS) is 14.1. The highest BCUT2D eigenvalue weighted by Gasteiger charge is 2.25. The summed E-state index contributed by atoms with van der Waals surface area (Å²) in [5, 5.41) is 9.43. The zero-order valence-corrected chi connectivity index (χ0v) is 15.4. The van der Waals surface area contributed by atoms with Crippen LogP contribution in [-0.2, 0) is 11.2 Å². The van der Waals surface area contributed by atoms with Gasteiger partial charge in [0.1, 0.15) is 0 Å². The molecule has 1 aliphatic heterocycles. The monoisotopic (exact) mass is 386 g/mol. The number of carboxylic acid groups (broad SMARTS) is 1. The molecule has 0 unspecified atom stereocenters. The lowest BCUT2D eigenvalue weighted by Crippen LogP contribution is -2.51. The summed E-state index contributed by atoms with van der Waals surface area (Å²) in [6.07, 6.45) is 0.210. The van der Waals surface area contributed by atoms with Crippen molar-refractivity contribution in [3.63, 3.8) is 0 Å². The first kappa shape index (κ1) is 18.9. The van der Waals surface area contributed by atoms with Gasteiger partial charge in [-0.25, -0.2) is 4.79 Å². The fourth-order valence-electron chi connectivity index (χ4n) is 3.01. The summed E-state index contributed by atoms with van der Waals surface area (Å²) in [5.74, 6) is -1.12. The molecule has 1 saturated heterocycles. The number of benzene rings is 2. The second-order valence-electron chi connectivity index (χ2n) is 6.36. The van der Waals surface area contributed by atoms with Gasteiger partial charge in [-0.05, 0) is 35.9 Å². The molecule has 2 amide bonds. The molecule has 2 aromatic carbocycles. The molecule has 0 radical (unpaired) electrons. The highest BCUT2D eigenvalue weighted by molar-refractivity contribution is 6.30. The third kappa shape index (κ3) is 4.65. The first-order valence-electron chi connectivity index (χ1n) is 8.59. The lowest BCUT2D eigenvalue weighted by atomic mass is 10.1. The molecule has 0 spiro atoms. The Morgan fingerprint density at radius 3 is 2.11 bits per heavy atom. The van der Waals surface area contributed by atoms with Crippen LogP contribution in [0.1, 0.15) is 26.3 Å². The first-order chi connectivity index (χ1) is 12.9. The van der Waals surface area contributed by atoms with E-state index in [2.05, 4.69) is 0 Å². The molecule has 2 aromatic rings. The first-order valence-corrected chi connectivity index (χ1v) is 8.96. The molecule has 1 aliphatic rings. The van der Waals surface area contributed by atoms with Crippen LogP contribution >= 0.6 is 11.6 Å². The number of hydrogen-bond donors (Lipinski definition) is 1. The fraction of sp³-hybridized carbons (Fsp3) is 0.250. The maximum Gasteiger partial charge on any atom is 0.335 e. The van der Waals surface area contributed by atoms with Gasteiger partial charge in [-0.1, -0.05) is 29.8 Å². The van der Waals surface area contributed by atoms with E-state index in [4.69, 9.17) is 16.7 Å². The van der Waals surface area contributed by atoms with Crippen molar-refractivity contribution in [3.05, 3.63) is 70.2 Å². The zero-order chi connectivity index (χ0) is 19.4. The molecule has 0 aliphatic carbocycles. The van der Waals surface area contributed by atoms with Gasteiger partial charge in [-0.15, -0.1) is 0 Å². The van der Waals surface area contributed by atoms with Crippen molar-refractivity contribution in [3.8, 4) is 0 Å². The molecular weight excluding hydrogens is 368 g/mol. The van der Waals surface area contributed by atoms with E-state index in [1.54, 1.807) is 46.2 Å². The number of aromatic carboxylic acids is 1. The molecule has 3 rings (SSSR count). The minimum atomic E-state index is -0.992. The van der Waals surface area contributed by atoms with Crippen LogP contribution in [0.5, 0.6) is 0 Å². The van der Waals surface area contributed by atoms with Gasteiger partial charge in [0.2, 0.25) is 5.91 Å². The maximum atomic E-state index is 12.5. The summed E-state index contributed by atoms with van der Waals surface area (Å²) in [4.78, 5) is 39.3. The maximum absolute atomic E-state index is 12.5. The Bertz CT molecular complexity index is 859. The third-order valence-corrected chi connectivity index (χ3v) is 4.78. The van der Waals surface area contributed by atoms with E-state index in [1.807, 2.05) is 0 Å². The number of halogens is 1. The Labute approximate surface area is 162 Å². The summed E-state index contributed by atoms with van der Waals surface area (Å²) in [6, 6.07) is 13.1. The SMILES string of the molecule is O=C(O)c1ccc(CC(=O)N2CCN(C(=O)c3cccc(Cl)c3)CC2)cc1. The van der Waals surface area contributed by atoms with Crippen molar-refractivity contribution in [2.75, 3.05) is 26.2 Å². The van der Waals surface area contributed by atoms with E-state index >= 15 is 0 Å². The number of carbonyl (C=O) groups excluding carboxylic acids is 2. The van der Waals surface area contributed by atoms with Gasteiger partial charge in [0.05, 0.1) is 12.0 Å². The second kappa shape index (κ2) is 8.22. The molecule has 0 atom stereocenters. The smallest absolute Gasteiger partial charge is 0.335 e. The minimum Gasteiger partial charge on any atom is -0.478 e. The van der Waals surface area contributed by atoms with Crippen LogP contribution in [0.15, 0.2) is 48.5 Å². The van der Waals surface area contributed by atoms with E-state index < -0.39 is 5.97 Å². The van der Waals surface area contributed by atoms with Crippen LogP contribution < -0.4 is 0 Å². The Balaban J connectivity index is 1.54. The Morgan fingerprint density at radius 2 is 1.52 bits per heavy atom. The molecule has 140 valence electrons. The van der Waals surface area contributed by atoms with Crippen LogP contribution in [0, 0.1) is 0 Å². The molecule has 0 bridgehead atoms. The summed E-state index contributed by atoms with van der Waals surface area (Å²) < 4.78 is 0. The zero-order valence-electron chi connectivity index (χ0n) is 14.6. The number of carbonyl (C=O) groups is 3. The summed E-state index contributed by atoms with van der Waals surface area (Å²) in [5.41, 5.74) is 1.50. The predicted molar refractivity (Wildman–Crippen MR) is 101 cm³/mol. The van der Waals surface area contributed by atoms with Crippen LogP contribution in [-0.4, -0.2) is 58.9 Å². The van der Waals surface area contributed by atoms with Crippen molar-refractivity contribution in [1.82, 2.24) is 9.80 Å². The Kier molecular flexibility index (Phi) is 5.76. The molecule has 1 fully saturated rings. The molecule has 0 saturated carbocycles. The van der Waals surface area contributed by atoms with Gasteiger partial charge < -0.3 is 14.9 Å². The molecule has 0 aromatic heterocycles. The lowest BCUT2D eigenvalue weighted by molar-refractivity contribution is -0.131. The van der Waals surface area contributed by atoms with Crippen LogP contribution in [0.2, 0.25) is 5.02 Å². The molecule has 7 heteroatoms. The van der Waals surface area contributed by atoms with Crippen LogP contribution in [0.3, 0.4) is 0 Å². The molecule has 1 N–H and O–H groups in total. The molecular formula is C20H19ClN2O4. The number of rotatable bonds is 4. The van der Waals surface area contributed by atoms with Crippen molar-refractivity contribution >= 4 is 29.4 Å². The topological polar surface area (TPSA) is 77.9 Å². The summed E-state index contributed by atoms with van der Waals surface area (Å²) in [6.45, 7) is 1.88. The van der Waals surface area contributed by atoms with Crippen molar-refractivity contribution in [1.29, 1.82) is 0 Å². The molecule has 27 heavy (non-hydrogen) atoms. The van der Waals surface area contributed by atoms with E-state index in [-0.39, 0.29) is 23.8 Å². The van der Waals surface area contributed by atoms with Gasteiger partial charge in [-0.2, -0.15) is 0 Å². The minimum absolute atomic E-state index is 0.0343. The van der Waals surface area contributed by atoms with E-state index in [0.29, 0.717) is 36.8 Å². The van der Waals surface area contributed by atoms with Crippen molar-refractivity contribution in [2.24, 2.45) is 0 Å². The number of piperazine rings is 1. The Hall–Kier alpha value is -2.86. The lowest BCUT2D eigenvalue weighted by Gasteiger charge is -2.35. The average Bonchev–Trinajstić information content (AvgIpc) is 2.68. The van der Waals surface area contributed by atoms with E-state index in [1.165, 1.54) is 12.1 Å². The van der Waals surface area contributed by atoms with Crippen molar-refractivity contribution < 1.29 is 19.5 Å². The van der Waals surface area contributed by atoms with Crippen molar-refractivity contribution in [2.45, 2.75) is 6.42 Å². The molecule has 1 heterocycles. The van der Waals surface area contributed by atoms with E-state index in [0.717, 1.165) is 5.56 Å². The van der Waals surface area contributed by atoms with Crippen LogP contribution in [0.25, 0.3) is 0 Å². The fourth-order valence-corrected chi connectivity index (χ4v) is 3.20.